The highest BCUT2D eigenvalue weighted by Gasteiger charge is 1.97. The molecular weight excluding hydrogens is 208 g/mol. The monoisotopic (exact) mass is 232 g/mol. The van der Waals surface area contributed by atoms with Gasteiger partial charge in [-0.3, -0.25) is 9.59 Å². The molecule has 4 nitrogen and oxygen atoms in total. The Hall–Kier alpha value is -1.06. The van der Waals surface area contributed by atoms with Gasteiger partial charge in [-0.15, -0.1) is 0 Å². The lowest BCUT2D eigenvalue weighted by Crippen LogP contribution is -1.95. The Morgan fingerprint density at radius 1 is 1.25 bits per heavy atom. The molecule has 0 aliphatic carbocycles. The molecule has 0 amide bonds. The topological polar surface area (TPSA) is 63.6 Å². The normalized spacial score (nSPS) is 9.31. The SMILES string of the molecule is CC(C)CCCCC(=O)O.CCOC(C)=O. The minimum atomic E-state index is -0.677. The maximum Gasteiger partial charge on any atom is 0.303 e. The fourth-order valence-corrected chi connectivity index (χ4v) is 1.03. The van der Waals surface area contributed by atoms with Gasteiger partial charge in [0.2, 0.25) is 0 Å². The summed E-state index contributed by atoms with van der Waals surface area (Å²) in [4.78, 5) is 19.9. The number of carbonyl (C=O) groups is 2. The first-order valence-corrected chi connectivity index (χ1v) is 5.75. The van der Waals surface area contributed by atoms with Crippen LogP contribution in [0.25, 0.3) is 0 Å². The molecule has 4 heteroatoms. The smallest absolute Gasteiger partial charge is 0.303 e. The molecule has 0 aromatic rings. The van der Waals surface area contributed by atoms with Crippen LogP contribution in [0.15, 0.2) is 0 Å². The Kier molecular flexibility index (Phi) is 13.0. The van der Waals surface area contributed by atoms with Crippen molar-refractivity contribution in [2.45, 2.75) is 53.4 Å². The van der Waals surface area contributed by atoms with Crippen LogP contribution in [0.5, 0.6) is 0 Å². The van der Waals surface area contributed by atoms with E-state index in [0.717, 1.165) is 19.3 Å². The maximum absolute atomic E-state index is 10.0. The van der Waals surface area contributed by atoms with Gasteiger partial charge in [-0.2, -0.15) is 0 Å². The molecule has 0 heterocycles. The molecule has 0 saturated heterocycles. The number of rotatable bonds is 6. The molecule has 0 saturated carbocycles. The van der Waals surface area contributed by atoms with Crippen molar-refractivity contribution in [2.24, 2.45) is 5.92 Å². The number of hydrogen-bond donors (Lipinski definition) is 1. The minimum absolute atomic E-state index is 0.211. The summed E-state index contributed by atoms with van der Waals surface area (Å²) >= 11 is 0. The summed E-state index contributed by atoms with van der Waals surface area (Å²) < 4.78 is 4.40. The van der Waals surface area contributed by atoms with E-state index in [4.69, 9.17) is 5.11 Å². The number of esters is 1. The summed E-state index contributed by atoms with van der Waals surface area (Å²) in [5.41, 5.74) is 0. The average Bonchev–Trinajstić information content (AvgIpc) is 2.12. The highest BCUT2D eigenvalue weighted by molar-refractivity contribution is 5.66. The number of carboxylic acids is 1. The molecule has 0 atom stereocenters. The van der Waals surface area contributed by atoms with Gasteiger partial charge >= 0.3 is 11.9 Å². The molecular formula is C12H24O4. The largest absolute Gasteiger partial charge is 0.481 e. The second-order valence-corrected chi connectivity index (χ2v) is 3.96. The van der Waals surface area contributed by atoms with Gasteiger partial charge in [0.05, 0.1) is 6.61 Å². The summed E-state index contributed by atoms with van der Waals surface area (Å²) in [5.74, 6) is -0.185. The Morgan fingerprint density at radius 3 is 2.06 bits per heavy atom. The number of unbranched alkanes of at least 4 members (excludes halogenated alkanes) is 1. The van der Waals surface area contributed by atoms with E-state index >= 15 is 0 Å². The highest BCUT2D eigenvalue weighted by atomic mass is 16.5. The molecule has 0 radical (unpaired) electrons. The molecule has 0 unspecified atom stereocenters. The number of carbonyl (C=O) groups excluding carboxylic acids is 1. The molecule has 0 spiro atoms. The first kappa shape index (κ1) is 17.3. The zero-order valence-corrected chi connectivity index (χ0v) is 10.8. The Bertz CT molecular complexity index is 187. The quantitative estimate of drug-likeness (QED) is 0.565. The molecule has 0 rings (SSSR count). The molecule has 16 heavy (non-hydrogen) atoms. The standard InChI is InChI=1S/C8H16O2.C4H8O2/c1-7(2)5-3-4-6-8(9)10;1-3-6-4(2)5/h7H,3-6H2,1-2H3,(H,9,10);3H2,1-2H3. The van der Waals surface area contributed by atoms with Gasteiger partial charge in [-0.25, -0.2) is 0 Å². The van der Waals surface area contributed by atoms with Gasteiger partial charge in [-0.1, -0.05) is 26.7 Å². The van der Waals surface area contributed by atoms with Crippen molar-refractivity contribution in [3.8, 4) is 0 Å². The third-order valence-electron chi connectivity index (χ3n) is 1.77. The zero-order valence-electron chi connectivity index (χ0n) is 10.8. The van der Waals surface area contributed by atoms with Crippen LogP contribution in [0.1, 0.15) is 53.4 Å². The third-order valence-corrected chi connectivity index (χ3v) is 1.77. The molecule has 0 aliphatic heterocycles. The molecule has 0 aliphatic rings. The van der Waals surface area contributed by atoms with Crippen molar-refractivity contribution in [1.82, 2.24) is 0 Å². The molecule has 1 N–H and O–H groups in total. The van der Waals surface area contributed by atoms with Crippen LogP contribution >= 0.6 is 0 Å². The fraction of sp³-hybridized carbons (Fsp3) is 0.833. The van der Waals surface area contributed by atoms with Gasteiger partial charge < -0.3 is 9.84 Å². The van der Waals surface area contributed by atoms with Crippen LogP contribution < -0.4 is 0 Å². The van der Waals surface area contributed by atoms with Gasteiger partial charge in [0.15, 0.2) is 0 Å². The summed E-state index contributed by atoms with van der Waals surface area (Å²) in [6.45, 7) is 7.96. The van der Waals surface area contributed by atoms with Gasteiger partial charge in [0.25, 0.3) is 0 Å². The number of carboxylic acid groups (broad SMARTS) is 1. The van der Waals surface area contributed by atoms with E-state index in [1.54, 1.807) is 6.92 Å². The minimum Gasteiger partial charge on any atom is -0.481 e. The van der Waals surface area contributed by atoms with Crippen LogP contribution in [0.3, 0.4) is 0 Å². The zero-order chi connectivity index (χ0) is 13.0. The van der Waals surface area contributed by atoms with Crippen molar-refractivity contribution in [2.75, 3.05) is 6.61 Å². The van der Waals surface area contributed by atoms with Crippen LogP contribution in [0.2, 0.25) is 0 Å². The van der Waals surface area contributed by atoms with Crippen molar-refractivity contribution < 1.29 is 19.4 Å². The number of ether oxygens (including phenoxy) is 1. The van der Waals surface area contributed by atoms with Crippen molar-refractivity contribution in [1.29, 1.82) is 0 Å². The highest BCUT2D eigenvalue weighted by Crippen LogP contribution is 2.07. The fourth-order valence-electron chi connectivity index (χ4n) is 1.03. The summed E-state index contributed by atoms with van der Waals surface area (Å²) in [7, 11) is 0. The Balaban J connectivity index is 0. The van der Waals surface area contributed by atoms with Gasteiger partial charge in [-0.05, 0) is 19.3 Å². The van der Waals surface area contributed by atoms with E-state index in [9.17, 15) is 9.59 Å². The first-order valence-electron chi connectivity index (χ1n) is 5.75. The van der Waals surface area contributed by atoms with E-state index in [1.807, 2.05) is 0 Å². The van der Waals surface area contributed by atoms with Crippen molar-refractivity contribution in [3.63, 3.8) is 0 Å². The predicted octanol–water partition coefficient (Wildman–Crippen LogP) is 2.86. The summed E-state index contributed by atoms with van der Waals surface area (Å²) in [5, 5.41) is 8.28. The van der Waals surface area contributed by atoms with Crippen molar-refractivity contribution in [3.05, 3.63) is 0 Å². The van der Waals surface area contributed by atoms with E-state index in [2.05, 4.69) is 18.6 Å². The summed E-state index contributed by atoms with van der Waals surface area (Å²) in [6.07, 6.45) is 3.34. The van der Waals surface area contributed by atoms with E-state index in [-0.39, 0.29) is 5.97 Å². The average molecular weight is 232 g/mol. The molecule has 0 aromatic carbocycles. The van der Waals surface area contributed by atoms with E-state index in [0.29, 0.717) is 18.9 Å². The van der Waals surface area contributed by atoms with Crippen LogP contribution in [-0.4, -0.2) is 23.7 Å². The van der Waals surface area contributed by atoms with Crippen LogP contribution in [-0.2, 0) is 14.3 Å². The lowest BCUT2D eigenvalue weighted by Gasteiger charge is -2.01. The Morgan fingerprint density at radius 2 is 1.81 bits per heavy atom. The lowest BCUT2D eigenvalue weighted by molar-refractivity contribution is -0.140. The Labute approximate surface area is 98.0 Å². The summed E-state index contributed by atoms with van der Waals surface area (Å²) in [6, 6.07) is 0. The van der Waals surface area contributed by atoms with Crippen LogP contribution in [0, 0.1) is 5.92 Å². The van der Waals surface area contributed by atoms with Gasteiger partial charge in [0, 0.05) is 13.3 Å². The third kappa shape index (κ3) is 23.1. The van der Waals surface area contributed by atoms with Crippen molar-refractivity contribution >= 4 is 11.9 Å². The number of hydrogen-bond acceptors (Lipinski definition) is 3. The van der Waals surface area contributed by atoms with Gasteiger partial charge in [0.1, 0.15) is 0 Å². The molecule has 0 aromatic heterocycles. The molecule has 0 bridgehead atoms. The second-order valence-electron chi connectivity index (χ2n) is 3.96. The first-order chi connectivity index (χ1) is 7.40. The maximum atomic E-state index is 10.0. The van der Waals surface area contributed by atoms with E-state index in [1.165, 1.54) is 6.92 Å². The second kappa shape index (κ2) is 12.0. The molecule has 0 fully saturated rings. The molecule has 96 valence electrons. The lowest BCUT2D eigenvalue weighted by atomic mass is 10.1. The van der Waals surface area contributed by atoms with E-state index < -0.39 is 5.97 Å². The van der Waals surface area contributed by atoms with Crippen LogP contribution in [0.4, 0.5) is 0 Å². The predicted molar refractivity (Wildman–Crippen MR) is 63.2 cm³/mol. The number of aliphatic carboxylic acids is 1.